The summed E-state index contributed by atoms with van der Waals surface area (Å²) in [5.74, 6) is 0. The van der Waals surface area contributed by atoms with Crippen LogP contribution in [0.2, 0.25) is 0 Å². The van der Waals surface area contributed by atoms with E-state index in [-0.39, 0.29) is 17.9 Å². The second kappa shape index (κ2) is 7.14. The Kier molecular flexibility index (Phi) is 8.34. The third-order valence-electron chi connectivity index (χ3n) is 1.65. The van der Waals surface area contributed by atoms with E-state index in [9.17, 15) is 0 Å². The Morgan fingerprint density at radius 3 is 1.33 bits per heavy atom. The molecule has 2 N–H and O–H groups in total. The summed E-state index contributed by atoms with van der Waals surface area (Å²) < 4.78 is 0. The highest BCUT2D eigenvalue weighted by atomic mass is 35.5. The molecule has 0 saturated carbocycles. The van der Waals surface area contributed by atoms with Crippen molar-refractivity contribution in [3.63, 3.8) is 0 Å². The highest BCUT2D eigenvalue weighted by Gasteiger charge is 2.18. The fourth-order valence-electron chi connectivity index (χ4n) is 1.11. The summed E-state index contributed by atoms with van der Waals surface area (Å²) in [6.45, 7) is 11.0. The Bertz CT molecular complexity index is 125. The largest absolute Gasteiger partial charge is 0.324 e. The summed E-state index contributed by atoms with van der Waals surface area (Å²) in [6, 6.07) is 0. The second-order valence-electron chi connectivity index (χ2n) is 2.84. The summed E-state index contributed by atoms with van der Waals surface area (Å²) in [4.78, 5) is 0. The summed E-state index contributed by atoms with van der Waals surface area (Å²) in [5.41, 5.74) is 5.81. The van der Waals surface area contributed by atoms with Gasteiger partial charge in [0.1, 0.15) is 0 Å². The normalized spacial score (nSPS) is 9.75. The van der Waals surface area contributed by atoms with Crippen molar-refractivity contribution in [3.05, 3.63) is 38.0 Å². The summed E-state index contributed by atoms with van der Waals surface area (Å²) >= 11 is 0. The molecule has 0 heterocycles. The number of hydrogen-bond donors (Lipinski definition) is 1. The Morgan fingerprint density at radius 2 is 1.17 bits per heavy atom. The van der Waals surface area contributed by atoms with Gasteiger partial charge in [0.25, 0.3) is 0 Å². The van der Waals surface area contributed by atoms with Crippen LogP contribution in [0.4, 0.5) is 0 Å². The van der Waals surface area contributed by atoms with E-state index in [1.54, 1.807) is 0 Å². The predicted octanol–water partition coefficient (Wildman–Crippen LogP) is 2.83. The highest BCUT2D eigenvalue weighted by molar-refractivity contribution is 5.85. The van der Waals surface area contributed by atoms with Crippen molar-refractivity contribution >= 4 is 12.4 Å². The fraction of sp³-hybridized carbons (Fsp3) is 0.400. The van der Waals surface area contributed by atoms with Crippen LogP contribution in [0.3, 0.4) is 0 Å². The molecule has 12 heavy (non-hydrogen) atoms. The Balaban J connectivity index is 0. The Morgan fingerprint density at radius 1 is 0.917 bits per heavy atom. The first-order valence-electron chi connectivity index (χ1n) is 3.80. The van der Waals surface area contributed by atoms with Crippen molar-refractivity contribution in [1.82, 2.24) is 0 Å². The Labute approximate surface area is 81.4 Å². The molecule has 0 aliphatic heterocycles. The first-order valence-corrected chi connectivity index (χ1v) is 3.80. The standard InChI is InChI=1S/C10H17N.ClH/c1-4-7-10(11,8-5-2)9-6-3;/h4-6H,1-3,7-9,11H2;1H. The van der Waals surface area contributed by atoms with Gasteiger partial charge in [0.05, 0.1) is 0 Å². The van der Waals surface area contributed by atoms with Crippen LogP contribution in [0.25, 0.3) is 0 Å². The van der Waals surface area contributed by atoms with Gasteiger partial charge >= 0.3 is 0 Å². The molecule has 0 spiro atoms. The first kappa shape index (κ1) is 14.0. The van der Waals surface area contributed by atoms with Crippen LogP contribution >= 0.6 is 12.4 Å². The molecule has 0 unspecified atom stereocenters. The van der Waals surface area contributed by atoms with Crippen LogP contribution in [-0.4, -0.2) is 5.54 Å². The predicted molar refractivity (Wildman–Crippen MR) is 58.6 cm³/mol. The smallest absolute Gasteiger partial charge is 0.0258 e. The third-order valence-corrected chi connectivity index (χ3v) is 1.65. The van der Waals surface area contributed by atoms with E-state index in [0.717, 1.165) is 19.3 Å². The monoisotopic (exact) mass is 187 g/mol. The molecular weight excluding hydrogens is 170 g/mol. The topological polar surface area (TPSA) is 26.0 Å². The zero-order valence-corrected chi connectivity index (χ0v) is 8.28. The molecule has 0 bridgehead atoms. The van der Waals surface area contributed by atoms with Gasteiger partial charge in [-0.25, -0.2) is 0 Å². The van der Waals surface area contributed by atoms with Gasteiger partial charge in [-0.1, -0.05) is 18.2 Å². The molecule has 0 aromatic rings. The summed E-state index contributed by atoms with van der Waals surface area (Å²) in [6.07, 6.45) is 7.95. The number of hydrogen-bond acceptors (Lipinski definition) is 1. The molecule has 0 aromatic carbocycles. The Hall–Kier alpha value is -0.530. The summed E-state index contributed by atoms with van der Waals surface area (Å²) in [5, 5.41) is 0. The highest BCUT2D eigenvalue weighted by Crippen LogP contribution is 2.17. The van der Waals surface area contributed by atoms with Crippen LogP contribution in [0, 0.1) is 0 Å². The van der Waals surface area contributed by atoms with Crippen molar-refractivity contribution in [2.45, 2.75) is 24.8 Å². The van der Waals surface area contributed by atoms with Gasteiger partial charge in [-0.2, -0.15) is 0 Å². The molecule has 2 heteroatoms. The van der Waals surface area contributed by atoms with Gasteiger partial charge in [-0.3, -0.25) is 0 Å². The van der Waals surface area contributed by atoms with E-state index in [4.69, 9.17) is 5.73 Å². The zero-order chi connectivity index (χ0) is 8.74. The van der Waals surface area contributed by atoms with Gasteiger partial charge in [0.15, 0.2) is 0 Å². The SMILES string of the molecule is C=CCC(N)(CC=C)CC=C.Cl. The average Bonchev–Trinajstić information content (AvgIpc) is 1.88. The van der Waals surface area contributed by atoms with Crippen LogP contribution < -0.4 is 5.73 Å². The molecule has 0 aromatic heterocycles. The lowest BCUT2D eigenvalue weighted by atomic mass is 9.89. The molecule has 0 aliphatic carbocycles. The number of halogens is 1. The molecule has 70 valence electrons. The molecule has 0 fully saturated rings. The number of rotatable bonds is 6. The second-order valence-corrected chi connectivity index (χ2v) is 2.84. The van der Waals surface area contributed by atoms with Crippen molar-refractivity contribution in [2.24, 2.45) is 5.73 Å². The van der Waals surface area contributed by atoms with Crippen molar-refractivity contribution in [3.8, 4) is 0 Å². The molecule has 1 nitrogen and oxygen atoms in total. The third kappa shape index (κ3) is 5.16. The maximum absolute atomic E-state index is 6.02. The van der Waals surface area contributed by atoms with Crippen LogP contribution in [-0.2, 0) is 0 Å². The van der Waals surface area contributed by atoms with Crippen molar-refractivity contribution in [1.29, 1.82) is 0 Å². The van der Waals surface area contributed by atoms with Gasteiger partial charge < -0.3 is 5.73 Å². The van der Waals surface area contributed by atoms with Crippen molar-refractivity contribution in [2.75, 3.05) is 0 Å². The van der Waals surface area contributed by atoms with E-state index in [1.165, 1.54) is 0 Å². The van der Waals surface area contributed by atoms with Gasteiger partial charge in [0, 0.05) is 5.54 Å². The lowest BCUT2D eigenvalue weighted by Gasteiger charge is -2.25. The maximum atomic E-state index is 6.02. The first-order chi connectivity index (χ1) is 5.18. The van der Waals surface area contributed by atoms with Crippen LogP contribution in [0.5, 0.6) is 0 Å². The average molecular weight is 188 g/mol. The molecule has 0 rings (SSSR count). The van der Waals surface area contributed by atoms with Crippen LogP contribution in [0.15, 0.2) is 38.0 Å². The molecule has 0 radical (unpaired) electrons. The van der Waals surface area contributed by atoms with Crippen LogP contribution in [0.1, 0.15) is 19.3 Å². The molecule has 0 aliphatic rings. The minimum atomic E-state index is -0.203. The number of nitrogens with two attached hydrogens (primary N) is 1. The van der Waals surface area contributed by atoms with E-state index in [0.29, 0.717) is 0 Å². The summed E-state index contributed by atoms with van der Waals surface area (Å²) in [7, 11) is 0. The lowest BCUT2D eigenvalue weighted by molar-refractivity contribution is 0.440. The molecular formula is C10H18ClN. The molecule has 0 saturated heterocycles. The van der Waals surface area contributed by atoms with E-state index in [2.05, 4.69) is 19.7 Å². The lowest BCUT2D eigenvalue weighted by Crippen LogP contribution is -2.37. The zero-order valence-electron chi connectivity index (χ0n) is 7.46. The minimum absolute atomic E-state index is 0. The maximum Gasteiger partial charge on any atom is 0.0258 e. The quantitative estimate of drug-likeness (QED) is 0.636. The fourth-order valence-corrected chi connectivity index (χ4v) is 1.11. The molecule has 0 atom stereocenters. The molecule has 0 amide bonds. The van der Waals surface area contributed by atoms with E-state index in [1.807, 2.05) is 18.2 Å². The van der Waals surface area contributed by atoms with Gasteiger partial charge in [-0.15, -0.1) is 32.1 Å². The van der Waals surface area contributed by atoms with Crippen molar-refractivity contribution < 1.29 is 0 Å². The van der Waals surface area contributed by atoms with E-state index < -0.39 is 0 Å². The van der Waals surface area contributed by atoms with Gasteiger partial charge in [-0.05, 0) is 19.3 Å². The van der Waals surface area contributed by atoms with Gasteiger partial charge in [0.2, 0.25) is 0 Å². The van der Waals surface area contributed by atoms with E-state index >= 15 is 0 Å². The minimum Gasteiger partial charge on any atom is -0.324 e.